The fourth-order valence-corrected chi connectivity index (χ4v) is 13.1. The molecule has 0 saturated heterocycles. The molecule has 4 heteroatoms. The molecule has 4 nitrogen and oxygen atoms in total. The summed E-state index contributed by atoms with van der Waals surface area (Å²) in [4.78, 5) is 9.26. The van der Waals surface area contributed by atoms with E-state index in [0.717, 1.165) is 105 Å². The standard InChI is InChI=1S/C54H52N2.C49H42N2.C2H6/c1-5-41-17-29-49(30-18-41)55(50-31-19-42(6-2)20-32-50)53-37-25-47(26-38-53)15-13-45-9-11-46(12-10-45)14-16-48-27-39-54(40-28-48)56(51-33-21-43(7-3)22-34-51)52-35-23-44(8-4)24-36-52;1-37-9-27-45(28-10-37)50(44-7-5-4-6-8-44)48-33-23-42(24-34-48)21-19-40-15-17-41(18-16-40)20-22-43-25-35-49(36-26-43)51(46-29-11-38(2)12-30-46)47-31-13-39(3)14-32-47;1-2/h9-40H,5-8H2,1-4H3;4-36H,1-3H3;1-2H3/b15-13+,16-14+;;. The highest BCUT2D eigenvalue weighted by Gasteiger charge is 2.17. The van der Waals surface area contributed by atoms with Crippen molar-refractivity contribution in [1.82, 2.24) is 0 Å². The molecule has 109 heavy (non-hydrogen) atoms. The molecule has 540 valence electrons. The number of para-hydroxylation sites is 1. The largest absolute Gasteiger partial charge is 0.311 e. The predicted octanol–water partition coefficient (Wildman–Crippen LogP) is 30.1. The Morgan fingerprint density at radius 1 is 0.165 bits per heavy atom. The molecule has 0 aliphatic heterocycles. The third-order valence-corrected chi connectivity index (χ3v) is 19.7. The molecule has 0 unspecified atom stereocenters. The molecule has 0 radical (unpaired) electrons. The van der Waals surface area contributed by atoms with E-state index in [1.54, 1.807) is 0 Å². The van der Waals surface area contributed by atoms with Crippen molar-refractivity contribution in [3.8, 4) is 0 Å². The van der Waals surface area contributed by atoms with E-state index >= 15 is 0 Å². The highest BCUT2D eigenvalue weighted by Crippen LogP contribution is 2.40. The first kappa shape index (κ1) is 75.9. The van der Waals surface area contributed by atoms with Gasteiger partial charge in [0.2, 0.25) is 0 Å². The maximum Gasteiger partial charge on any atom is 0.0462 e. The number of nitrogens with zero attached hydrogens (tertiary/aromatic N) is 4. The zero-order valence-electron chi connectivity index (χ0n) is 64.6. The van der Waals surface area contributed by atoms with E-state index in [-0.39, 0.29) is 0 Å². The summed E-state index contributed by atoms with van der Waals surface area (Å²) in [5.41, 5.74) is 32.2. The van der Waals surface area contributed by atoms with Gasteiger partial charge in [-0.1, -0.05) is 307 Å². The highest BCUT2D eigenvalue weighted by molar-refractivity contribution is 5.84. The van der Waals surface area contributed by atoms with E-state index in [9.17, 15) is 0 Å². The fourth-order valence-electron chi connectivity index (χ4n) is 13.1. The molecular weight excluding hydrogens is 1320 g/mol. The molecule has 14 aromatic rings. The smallest absolute Gasteiger partial charge is 0.0462 e. The SMILES string of the molecule is CC.CCc1ccc(N(c2ccc(/C=C/c3ccc(/C=C/c4ccc(N(c5ccc(CC)cc5)c5ccc(CC)cc5)cc4)cc3)cc2)c2ccc(CC)cc2)cc1.Cc1ccc(N(c2ccccc2)c2ccc(C=Cc3ccc(C=Cc4ccc(N(c5ccc(C)cc5)c5ccc(C)cc5)cc4)cc3)cc2)cc1. The molecule has 14 aromatic carbocycles. The van der Waals surface area contributed by atoms with Gasteiger partial charge in [0.15, 0.2) is 0 Å². The third-order valence-electron chi connectivity index (χ3n) is 19.7. The summed E-state index contributed by atoms with van der Waals surface area (Å²) in [6, 6.07) is 125. The lowest BCUT2D eigenvalue weighted by molar-refractivity contribution is 1.13. The van der Waals surface area contributed by atoms with Crippen molar-refractivity contribution in [2.24, 2.45) is 0 Å². The van der Waals surface area contributed by atoms with E-state index in [4.69, 9.17) is 0 Å². The summed E-state index contributed by atoms with van der Waals surface area (Å²) in [7, 11) is 0. The number of hydrogen-bond acceptors (Lipinski definition) is 4. The molecule has 0 saturated carbocycles. The second kappa shape index (κ2) is 38.0. The number of aryl methyl sites for hydroxylation is 7. The summed E-state index contributed by atoms with van der Waals surface area (Å²) in [6.45, 7) is 19.2. The van der Waals surface area contributed by atoms with Gasteiger partial charge in [-0.15, -0.1) is 0 Å². The molecule has 0 bridgehead atoms. The van der Waals surface area contributed by atoms with Crippen LogP contribution in [0.4, 0.5) is 68.2 Å². The highest BCUT2D eigenvalue weighted by atomic mass is 15.2. The van der Waals surface area contributed by atoms with Crippen LogP contribution in [0.25, 0.3) is 48.6 Å². The Hall–Kier alpha value is -12.8. The summed E-state index contributed by atoms with van der Waals surface area (Å²) in [6.07, 6.45) is 21.6. The number of anilines is 12. The summed E-state index contributed by atoms with van der Waals surface area (Å²) >= 11 is 0. The molecular formula is C105H100N4. The second-order valence-electron chi connectivity index (χ2n) is 27.3. The first-order chi connectivity index (χ1) is 53.5. The van der Waals surface area contributed by atoms with Gasteiger partial charge in [-0.25, -0.2) is 0 Å². The quantitative estimate of drug-likeness (QED) is 0.0559. The van der Waals surface area contributed by atoms with Crippen LogP contribution in [0.3, 0.4) is 0 Å². The van der Waals surface area contributed by atoms with Gasteiger partial charge in [-0.3, -0.25) is 0 Å². The van der Waals surface area contributed by atoms with Crippen LogP contribution in [0.5, 0.6) is 0 Å². The molecule has 0 amide bonds. The molecule has 0 heterocycles. The number of hydrogen-bond donors (Lipinski definition) is 0. The Morgan fingerprint density at radius 3 is 0.450 bits per heavy atom. The van der Waals surface area contributed by atoms with Gasteiger partial charge in [0.25, 0.3) is 0 Å². The monoisotopic (exact) mass is 1420 g/mol. The topological polar surface area (TPSA) is 13.0 Å². The summed E-state index contributed by atoms with van der Waals surface area (Å²) in [5, 5.41) is 0. The second-order valence-corrected chi connectivity index (χ2v) is 27.3. The lowest BCUT2D eigenvalue weighted by Gasteiger charge is -2.26. The molecule has 0 aliphatic carbocycles. The van der Waals surface area contributed by atoms with Crippen LogP contribution >= 0.6 is 0 Å². The van der Waals surface area contributed by atoms with Crippen molar-refractivity contribution >= 4 is 117 Å². The lowest BCUT2D eigenvalue weighted by atomic mass is 10.1. The molecule has 14 rings (SSSR count). The molecule has 0 spiro atoms. The summed E-state index contributed by atoms with van der Waals surface area (Å²) < 4.78 is 0. The maximum atomic E-state index is 2.33. The minimum atomic E-state index is 1.03. The first-order valence-corrected chi connectivity index (χ1v) is 38.7. The molecule has 0 fully saturated rings. The van der Waals surface area contributed by atoms with Crippen molar-refractivity contribution < 1.29 is 0 Å². The average molecular weight is 1420 g/mol. The summed E-state index contributed by atoms with van der Waals surface area (Å²) in [5.74, 6) is 0. The Balaban J connectivity index is 0.000000200. The van der Waals surface area contributed by atoms with Crippen molar-refractivity contribution in [2.75, 3.05) is 19.6 Å². The maximum absolute atomic E-state index is 2.33. The molecule has 0 atom stereocenters. The molecule has 0 aliphatic rings. The Bertz CT molecular complexity index is 4900. The minimum absolute atomic E-state index is 1.03. The van der Waals surface area contributed by atoms with Crippen LogP contribution in [0, 0.1) is 20.8 Å². The van der Waals surface area contributed by atoms with E-state index in [2.05, 4.69) is 462 Å². The zero-order chi connectivity index (χ0) is 75.7. The van der Waals surface area contributed by atoms with Crippen molar-refractivity contribution in [3.05, 3.63) is 429 Å². The van der Waals surface area contributed by atoms with E-state index in [1.807, 2.05) is 13.8 Å². The molecule has 0 aromatic heterocycles. The van der Waals surface area contributed by atoms with Crippen molar-refractivity contribution in [1.29, 1.82) is 0 Å². The average Bonchev–Trinajstić information content (AvgIpc) is 0.819. The van der Waals surface area contributed by atoms with Gasteiger partial charge in [0, 0.05) is 68.2 Å². The Labute approximate surface area is 649 Å². The van der Waals surface area contributed by atoms with Crippen LogP contribution in [-0.2, 0) is 25.7 Å². The van der Waals surface area contributed by atoms with Crippen LogP contribution < -0.4 is 19.6 Å². The van der Waals surface area contributed by atoms with Gasteiger partial charge in [-0.2, -0.15) is 0 Å². The Kier molecular flexibility index (Phi) is 26.4. The number of benzene rings is 14. The van der Waals surface area contributed by atoms with Crippen LogP contribution in [0.2, 0.25) is 0 Å². The van der Waals surface area contributed by atoms with E-state index in [1.165, 1.54) is 72.3 Å². The van der Waals surface area contributed by atoms with Crippen LogP contribution in [-0.4, -0.2) is 0 Å². The first-order valence-electron chi connectivity index (χ1n) is 38.7. The normalized spacial score (nSPS) is 11.2. The number of rotatable bonds is 24. The van der Waals surface area contributed by atoms with Gasteiger partial charge in [0.05, 0.1) is 0 Å². The van der Waals surface area contributed by atoms with Crippen molar-refractivity contribution in [3.63, 3.8) is 0 Å². The van der Waals surface area contributed by atoms with Gasteiger partial charge >= 0.3 is 0 Å². The zero-order valence-corrected chi connectivity index (χ0v) is 64.6. The van der Waals surface area contributed by atoms with E-state index < -0.39 is 0 Å². The lowest BCUT2D eigenvalue weighted by Crippen LogP contribution is -2.10. The van der Waals surface area contributed by atoms with Gasteiger partial charge in [-0.05, 0) is 259 Å². The third kappa shape index (κ3) is 20.4. The van der Waals surface area contributed by atoms with E-state index in [0.29, 0.717) is 0 Å². The van der Waals surface area contributed by atoms with Crippen LogP contribution in [0.1, 0.15) is 125 Å². The Morgan fingerprint density at radius 2 is 0.294 bits per heavy atom. The van der Waals surface area contributed by atoms with Crippen LogP contribution in [0.15, 0.2) is 346 Å². The fraction of sp³-hybridized carbons (Fsp3) is 0.124. The predicted molar refractivity (Wildman–Crippen MR) is 476 cm³/mol. The van der Waals surface area contributed by atoms with Crippen molar-refractivity contribution in [2.45, 2.75) is 88.0 Å². The minimum Gasteiger partial charge on any atom is -0.311 e. The molecule has 0 N–H and O–H groups in total. The van der Waals surface area contributed by atoms with Gasteiger partial charge < -0.3 is 19.6 Å². The van der Waals surface area contributed by atoms with Gasteiger partial charge in [0.1, 0.15) is 0 Å².